The van der Waals surface area contributed by atoms with E-state index >= 15 is 0 Å². The van der Waals surface area contributed by atoms with Crippen molar-refractivity contribution in [2.24, 2.45) is 5.92 Å². The lowest BCUT2D eigenvalue weighted by Crippen LogP contribution is -2.44. The molecule has 0 N–H and O–H groups in total. The first-order chi connectivity index (χ1) is 7.06. The maximum absolute atomic E-state index is 11.3. The molecular weight excluding hydrogens is 190 g/mol. The van der Waals surface area contributed by atoms with Crippen molar-refractivity contribution >= 4 is 11.8 Å². The van der Waals surface area contributed by atoms with Crippen LogP contribution in [0.1, 0.15) is 52.9 Å². The molecule has 0 heterocycles. The second kappa shape index (κ2) is 5.29. The molecule has 0 atom stereocenters. The summed E-state index contributed by atoms with van der Waals surface area (Å²) in [5, 5.41) is 0. The molecule has 1 aliphatic carbocycles. The van der Waals surface area contributed by atoms with Crippen molar-refractivity contribution in [3.8, 4) is 0 Å². The molecule has 0 bridgehead atoms. The Morgan fingerprint density at radius 3 is 1.87 bits per heavy atom. The highest BCUT2D eigenvalue weighted by molar-refractivity contribution is 5.93. The highest BCUT2D eigenvalue weighted by Gasteiger charge is 2.28. The first-order valence-corrected chi connectivity index (χ1v) is 5.86. The van der Waals surface area contributed by atoms with Gasteiger partial charge in [0.25, 0.3) is 0 Å². The van der Waals surface area contributed by atoms with Crippen LogP contribution in [0.4, 0.5) is 0 Å². The molecule has 0 spiro atoms. The Bertz CT molecular complexity index is 228. The SMILES string of the molecule is CC[C@H]1CC[C@H](N(C(C)=O)C(C)=O)CC1. The summed E-state index contributed by atoms with van der Waals surface area (Å²) >= 11 is 0. The number of amides is 2. The standard InChI is InChI=1S/C12H21NO2/c1-4-11-5-7-12(8-6-11)13(9(2)14)10(3)15/h11-12H,4-8H2,1-3H3/t11-,12-. The molecule has 0 saturated heterocycles. The highest BCUT2D eigenvalue weighted by Crippen LogP contribution is 2.29. The summed E-state index contributed by atoms with van der Waals surface area (Å²) in [7, 11) is 0. The second-order valence-electron chi connectivity index (χ2n) is 4.49. The molecule has 1 saturated carbocycles. The molecular formula is C12H21NO2. The number of nitrogens with zero attached hydrogens (tertiary/aromatic N) is 1. The Balaban J connectivity index is 2.57. The normalized spacial score (nSPS) is 26.1. The van der Waals surface area contributed by atoms with Gasteiger partial charge in [-0.25, -0.2) is 0 Å². The fraction of sp³-hybridized carbons (Fsp3) is 0.833. The van der Waals surface area contributed by atoms with E-state index in [2.05, 4.69) is 6.92 Å². The largest absolute Gasteiger partial charge is 0.280 e. The number of imide groups is 1. The van der Waals surface area contributed by atoms with E-state index in [1.54, 1.807) is 0 Å². The first-order valence-electron chi connectivity index (χ1n) is 5.86. The monoisotopic (exact) mass is 211 g/mol. The van der Waals surface area contributed by atoms with E-state index in [0.717, 1.165) is 31.6 Å². The zero-order chi connectivity index (χ0) is 11.4. The van der Waals surface area contributed by atoms with Crippen molar-refractivity contribution in [3.05, 3.63) is 0 Å². The molecule has 3 heteroatoms. The Hall–Kier alpha value is -0.860. The van der Waals surface area contributed by atoms with Gasteiger partial charge in [-0.15, -0.1) is 0 Å². The second-order valence-corrected chi connectivity index (χ2v) is 4.49. The van der Waals surface area contributed by atoms with E-state index in [-0.39, 0.29) is 17.9 Å². The molecule has 0 aromatic rings. The molecule has 0 aromatic heterocycles. The lowest BCUT2D eigenvalue weighted by atomic mass is 9.84. The maximum Gasteiger partial charge on any atom is 0.226 e. The van der Waals surface area contributed by atoms with E-state index in [1.807, 2.05) is 0 Å². The third-order valence-electron chi connectivity index (χ3n) is 3.44. The minimum absolute atomic E-state index is 0.109. The van der Waals surface area contributed by atoms with E-state index in [9.17, 15) is 9.59 Å². The summed E-state index contributed by atoms with van der Waals surface area (Å²) in [4.78, 5) is 24.1. The van der Waals surface area contributed by atoms with E-state index in [4.69, 9.17) is 0 Å². The summed E-state index contributed by atoms with van der Waals surface area (Å²) in [6.07, 6.45) is 5.48. The number of hydrogen-bond donors (Lipinski definition) is 0. The number of carbonyl (C=O) groups excluding carboxylic acids is 2. The van der Waals surface area contributed by atoms with Crippen LogP contribution >= 0.6 is 0 Å². The van der Waals surface area contributed by atoms with Gasteiger partial charge in [0.1, 0.15) is 0 Å². The number of carbonyl (C=O) groups is 2. The van der Waals surface area contributed by atoms with Crippen molar-refractivity contribution < 1.29 is 9.59 Å². The minimum Gasteiger partial charge on any atom is -0.280 e. The summed E-state index contributed by atoms with van der Waals surface area (Å²) in [5.41, 5.74) is 0. The molecule has 0 aromatic carbocycles. The van der Waals surface area contributed by atoms with Crippen LogP contribution in [0.3, 0.4) is 0 Å². The molecule has 1 rings (SSSR count). The quantitative estimate of drug-likeness (QED) is 0.703. The van der Waals surface area contributed by atoms with Gasteiger partial charge in [0.2, 0.25) is 11.8 Å². The number of rotatable bonds is 2. The molecule has 0 aliphatic heterocycles. The molecule has 0 unspecified atom stereocenters. The lowest BCUT2D eigenvalue weighted by Gasteiger charge is -2.34. The number of hydrogen-bond acceptors (Lipinski definition) is 2. The van der Waals surface area contributed by atoms with E-state index in [0.29, 0.717) is 0 Å². The fourth-order valence-corrected chi connectivity index (χ4v) is 2.55. The van der Waals surface area contributed by atoms with Gasteiger partial charge < -0.3 is 0 Å². The lowest BCUT2D eigenvalue weighted by molar-refractivity contribution is -0.145. The molecule has 1 aliphatic rings. The average Bonchev–Trinajstić information content (AvgIpc) is 2.18. The molecule has 2 amide bonds. The Kier molecular flexibility index (Phi) is 4.30. The van der Waals surface area contributed by atoms with Gasteiger partial charge in [0.15, 0.2) is 0 Å². The highest BCUT2D eigenvalue weighted by atomic mass is 16.2. The Labute approximate surface area is 91.8 Å². The van der Waals surface area contributed by atoms with Crippen LogP contribution in [-0.4, -0.2) is 22.8 Å². The average molecular weight is 211 g/mol. The van der Waals surface area contributed by atoms with Gasteiger partial charge in [0.05, 0.1) is 0 Å². The summed E-state index contributed by atoms with van der Waals surface area (Å²) in [5.74, 6) is 0.576. The predicted octanol–water partition coefficient (Wildman–Crippen LogP) is 2.35. The van der Waals surface area contributed by atoms with E-state index in [1.165, 1.54) is 25.2 Å². The van der Waals surface area contributed by atoms with Gasteiger partial charge in [-0.3, -0.25) is 14.5 Å². The van der Waals surface area contributed by atoms with Crippen LogP contribution in [-0.2, 0) is 9.59 Å². The summed E-state index contributed by atoms with van der Waals surface area (Å²) < 4.78 is 0. The van der Waals surface area contributed by atoms with Crippen LogP contribution in [0, 0.1) is 5.92 Å². The minimum atomic E-state index is -0.109. The molecule has 0 radical (unpaired) electrons. The van der Waals surface area contributed by atoms with E-state index < -0.39 is 0 Å². The van der Waals surface area contributed by atoms with Crippen molar-refractivity contribution in [2.45, 2.75) is 58.9 Å². The maximum atomic E-state index is 11.3. The van der Waals surface area contributed by atoms with Gasteiger partial charge in [0, 0.05) is 19.9 Å². The van der Waals surface area contributed by atoms with Crippen molar-refractivity contribution in [1.82, 2.24) is 4.90 Å². The summed E-state index contributed by atoms with van der Waals surface area (Å²) in [6, 6.07) is 0.155. The Morgan fingerprint density at radius 1 is 1.07 bits per heavy atom. The molecule has 15 heavy (non-hydrogen) atoms. The van der Waals surface area contributed by atoms with Gasteiger partial charge in [-0.05, 0) is 31.6 Å². The van der Waals surface area contributed by atoms with Crippen LogP contribution in [0.15, 0.2) is 0 Å². The Morgan fingerprint density at radius 2 is 1.53 bits per heavy atom. The van der Waals surface area contributed by atoms with Crippen molar-refractivity contribution in [3.63, 3.8) is 0 Å². The zero-order valence-electron chi connectivity index (χ0n) is 9.95. The zero-order valence-corrected chi connectivity index (χ0v) is 9.95. The van der Waals surface area contributed by atoms with Crippen molar-refractivity contribution in [2.75, 3.05) is 0 Å². The molecule has 3 nitrogen and oxygen atoms in total. The van der Waals surface area contributed by atoms with Crippen LogP contribution < -0.4 is 0 Å². The molecule has 86 valence electrons. The predicted molar refractivity (Wildman–Crippen MR) is 59.2 cm³/mol. The smallest absolute Gasteiger partial charge is 0.226 e. The van der Waals surface area contributed by atoms with Crippen LogP contribution in [0.2, 0.25) is 0 Å². The first kappa shape index (κ1) is 12.2. The third-order valence-corrected chi connectivity index (χ3v) is 3.44. The topological polar surface area (TPSA) is 37.4 Å². The van der Waals surface area contributed by atoms with Gasteiger partial charge >= 0.3 is 0 Å². The summed E-state index contributed by atoms with van der Waals surface area (Å²) in [6.45, 7) is 5.17. The van der Waals surface area contributed by atoms with Crippen LogP contribution in [0.25, 0.3) is 0 Å². The van der Waals surface area contributed by atoms with Gasteiger partial charge in [-0.2, -0.15) is 0 Å². The molecule has 1 fully saturated rings. The van der Waals surface area contributed by atoms with Crippen LogP contribution in [0.5, 0.6) is 0 Å². The fourth-order valence-electron chi connectivity index (χ4n) is 2.55. The third kappa shape index (κ3) is 3.05. The van der Waals surface area contributed by atoms with Crippen molar-refractivity contribution in [1.29, 1.82) is 0 Å². The van der Waals surface area contributed by atoms with Gasteiger partial charge in [-0.1, -0.05) is 13.3 Å².